The quantitative estimate of drug-likeness (QED) is 0.387. The maximum absolute atomic E-state index is 14.1. The minimum atomic E-state index is -0.386. The zero-order valence-electron chi connectivity index (χ0n) is 14.1. The van der Waals surface area contributed by atoms with Crippen molar-refractivity contribution < 1.29 is 9.18 Å². The molecule has 0 saturated carbocycles. The summed E-state index contributed by atoms with van der Waals surface area (Å²) in [6.07, 6.45) is 0. The van der Waals surface area contributed by atoms with Crippen LogP contribution >= 0.6 is 27.3 Å². The molecule has 0 aliphatic heterocycles. The van der Waals surface area contributed by atoms with Crippen LogP contribution in [0.25, 0.3) is 10.2 Å². The number of para-hydroxylation sites is 1. The van der Waals surface area contributed by atoms with Crippen LogP contribution in [0.5, 0.6) is 0 Å². The minimum Gasteiger partial charge on any atom is -0.279 e. The summed E-state index contributed by atoms with van der Waals surface area (Å²) in [5, 5.41) is 0.472. The SMILES string of the molecule is O=C(c1ccccc1Br)N(Cc1ccccc1)c1nc2c(F)cccc2s1. The molecule has 27 heavy (non-hydrogen) atoms. The number of carbonyl (C=O) groups is 1. The highest BCUT2D eigenvalue weighted by molar-refractivity contribution is 9.10. The van der Waals surface area contributed by atoms with Crippen LogP contribution in [0, 0.1) is 5.82 Å². The van der Waals surface area contributed by atoms with Gasteiger partial charge in [0.15, 0.2) is 5.13 Å². The van der Waals surface area contributed by atoms with Gasteiger partial charge in [-0.25, -0.2) is 9.37 Å². The Morgan fingerprint density at radius 3 is 2.48 bits per heavy atom. The molecule has 0 aliphatic carbocycles. The lowest BCUT2D eigenvalue weighted by Crippen LogP contribution is -2.30. The first-order chi connectivity index (χ1) is 13.1. The molecule has 1 heterocycles. The van der Waals surface area contributed by atoms with E-state index in [0.29, 0.717) is 26.4 Å². The predicted molar refractivity (Wildman–Crippen MR) is 111 cm³/mol. The van der Waals surface area contributed by atoms with Crippen LogP contribution in [-0.2, 0) is 6.54 Å². The van der Waals surface area contributed by atoms with E-state index in [1.54, 1.807) is 17.0 Å². The number of rotatable bonds is 4. The van der Waals surface area contributed by atoms with Crippen LogP contribution in [0.4, 0.5) is 9.52 Å². The van der Waals surface area contributed by atoms with Gasteiger partial charge in [0, 0.05) is 4.47 Å². The second-order valence-corrected chi connectivity index (χ2v) is 7.80. The normalized spacial score (nSPS) is 10.9. The summed E-state index contributed by atoms with van der Waals surface area (Å²) >= 11 is 4.75. The third-order valence-electron chi connectivity index (χ3n) is 4.12. The lowest BCUT2D eigenvalue weighted by molar-refractivity contribution is 0.0984. The maximum atomic E-state index is 14.1. The number of hydrogen-bond donors (Lipinski definition) is 0. The van der Waals surface area contributed by atoms with E-state index in [1.165, 1.54) is 17.4 Å². The van der Waals surface area contributed by atoms with Crippen molar-refractivity contribution in [3.8, 4) is 0 Å². The van der Waals surface area contributed by atoms with Crippen molar-refractivity contribution in [2.45, 2.75) is 6.54 Å². The van der Waals surface area contributed by atoms with Crippen molar-refractivity contribution in [3.05, 3.63) is 94.2 Å². The molecule has 0 unspecified atom stereocenters. The summed E-state index contributed by atoms with van der Waals surface area (Å²) in [7, 11) is 0. The number of halogens is 2. The van der Waals surface area contributed by atoms with E-state index < -0.39 is 0 Å². The van der Waals surface area contributed by atoms with Crippen LogP contribution in [0.1, 0.15) is 15.9 Å². The van der Waals surface area contributed by atoms with E-state index in [-0.39, 0.29) is 17.2 Å². The molecule has 0 radical (unpaired) electrons. The maximum Gasteiger partial charge on any atom is 0.261 e. The van der Waals surface area contributed by atoms with Crippen LogP contribution in [0.15, 0.2) is 77.3 Å². The molecule has 1 amide bonds. The summed E-state index contributed by atoms with van der Waals surface area (Å²) in [4.78, 5) is 19.3. The van der Waals surface area contributed by atoms with Gasteiger partial charge in [-0.15, -0.1) is 0 Å². The topological polar surface area (TPSA) is 33.2 Å². The van der Waals surface area contributed by atoms with Gasteiger partial charge in [0.1, 0.15) is 11.3 Å². The highest BCUT2D eigenvalue weighted by Gasteiger charge is 2.23. The Labute approximate surface area is 168 Å². The first kappa shape index (κ1) is 17.8. The Balaban J connectivity index is 1.81. The minimum absolute atomic E-state index is 0.189. The molecule has 0 N–H and O–H groups in total. The molecule has 0 spiro atoms. The van der Waals surface area contributed by atoms with Crippen molar-refractivity contribution in [2.24, 2.45) is 0 Å². The lowest BCUT2D eigenvalue weighted by atomic mass is 10.1. The molecule has 4 rings (SSSR count). The van der Waals surface area contributed by atoms with E-state index in [2.05, 4.69) is 20.9 Å². The molecule has 6 heteroatoms. The molecule has 0 fully saturated rings. The number of hydrogen-bond acceptors (Lipinski definition) is 3. The Bertz CT molecular complexity index is 1110. The molecule has 0 saturated heterocycles. The van der Waals surface area contributed by atoms with Crippen LogP contribution in [0.3, 0.4) is 0 Å². The van der Waals surface area contributed by atoms with Crippen molar-refractivity contribution in [2.75, 3.05) is 4.90 Å². The van der Waals surface area contributed by atoms with Crippen LogP contribution < -0.4 is 4.90 Å². The number of fused-ring (bicyclic) bond motifs is 1. The van der Waals surface area contributed by atoms with Gasteiger partial charge in [-0.1, -0.05) is 59.9 Å². The number of anilines is 1. The van der Waals surface area contributed by atoms with Crippen molar-refractivity contribution in [3.63, 3.8) is 0 Å². The van der Waals surface area contributed by atoms with Gasteiger partial charge in [0.2, 0.25) is 0 Å². The molecule has 0 bridgehead atoms. The molecular formula is C21H14BrFN2OS. The Morgan fingerprint density at radius 2 is 1.74 bits per heavy atom. The number of carbonyl (C=O) groups excluding carboxylic acids is 1. The Kier molecular flexibility index (Phi) is 5.01. The Morgan fingerprint density at radius 1 is 1.00 bits per heavy atom. The van der Waals surface area contributed by atoms with Crippen molar-refractivity contribution >= 4 is 48.5 Å². The summed E-state index contributed by atoms with van der Waals surface area (Å²) in [5.41, 5.74) is 1.79. The first-order valence-electron chi connectivity index (χ1n) is 8.29. The van der Waals surface area contributed by atoms with E-state index in [0.717, 1.165) is 5.56 Å². The van der Waals surface area contributed by atoms with E-state index in [1.807, 2.05) is 54.6 Å². The average Bonchev–Trinajstić information content (AvgIpc) is 3.12. The third-order valence-corrected chi connectivity index (χ3v) is 5.86. The molecular weight excluding hydrogens is 427 g/mol. The summed E-state index contributed by atoms with van der Waals surface area (Å²) in [5.74, 6) is -0.575. The molecule has 3 nitrogen and oxygen atoms in total. The smallest absolute Gasteiger partial charge is 0.261 e. The monoisotopic (exact) mass is 440 g/mol. The Hall–Kier alpha value is -2.57. The van der Waals surface area contributed by atoms with Gasteiger partial charge in [0.05, 0.1) is 16.8 Å². The number of thiazole rings is 1. The summed E-state index contributed by atoms with van der Waals surface area (Å²) < 4.78 is 15.5. The van der Waals surface area contributed by atoms with E-state index >= 15 is 0 Å². The first-order valence-corrected chi connectivity index (χ1v) is 9.90. The fourth-order valence-electron chi connectivity index (χ4n) is 2.79. The fraction of sp³-hybridized carbons (Fsp3) is 0.0476. The molecule has 1 aromatic heterocycles. The van der Waals surface area contributed by atoms with Gasteiger partial charge in [-0.3, -0.25) is 9.69 Å². The number of nitrogens with zero attached hydrogens (tertiary/aromatic N) is 2. The van der Waals surface area contributed by atoms with E-state index in [9.17, 15) is 9.18 Å². The van der Waals surface area contributed by atoms with Crippen molar-refractivity contribution in [1.29, 1.82) is 0 Å². The zero-order chi connectivity index (χ0) is 18.8. The molecule has 4 aromatic rings. The van der Waals surface area contributed by atoms with Crippen molar-refractivity contribution in [1.82, 2.24) is 4.98 Å². The lowest BCUT2D eigenvalue weighted by Gasteiger charge is -2.20. The summed E-state index contributed by atoms with van der Waals surface area (Å²) in [6, 6.07) is 21.8. The largest absolute Gasteiger partial charge is 0.279 e. The van der Waals surface area contributed by atoms with Gasteiger partial charge in [0.25, 0.3) is 5.91 Å². The fourth-order valence-corrected chi connectivity index (χ4v) is 4.22. The molecule has 3 aromatic carbocycles. The van der Waals surface area contributed by atoms with E-state index in [4.69, 9.17) is 0 Å². The number of benzene rings is 3. The predicted octanol–water partition coefficient (Wildman–Crippen LogP) is 6.04. The van der Waals surface area contributed by atoms with Gasteiger partial charge in [-0.2, -0.15) is 0 Å². The third kappa shape index (κ3) is 3.63. The van der Waals surface area contributed by atoms with Gasteiger partial charge < -0.3 is 0 Å². The molecule has 0 atom stereocenters. The average molecular weight is 441 g/mol. The molecule has 0 aliphatic rings. The zero-order valence-corrected chi connectivity index (χ0v) is 16.5. The number of aromatic nitrogens is 1. The highest BCUT2D eigenvalue weighted by Crippen LogP contribution is 2.32. The molecule has 134 valence electrons. The van der Waals surface area contributed by atoms with Gasteiger partial charge >= 0.3 is 0 Å². The summed E-state index contributed by atoms with van der Waals surface area (Å²) in [6.45, 7) is 0.350. The van der Waals surface area contributed by atoms with Crippen LogP contribution in [-0.4, -0.2) is 10.9 Å². The standard InChI is InChI=1S/C21H14BrFN2OS/c22-16-10-5-4-9-15(16)20(26)25(13-14-7-2-1-3-8-14)21-24-19-17(23)11-6-12-18(19)27-21/h1-12H,13H2. The van der Waals surface area contributed by atoms with Crippen LogP contribution in [0.2, 0.25) is 0 Å². The second kappa shape index (κ2) is 7.58. The van der Waals surface area contributed by atoms with Gasteiger partial charge in [-0.05, 0) is 45.8 Å². The second-order valence-electron chi connectivity index (χ2n) is 5.94. The number of amides is 1. The highest BCUT2D eigenvalue weighted by atomic mass is 79.9.